The van der Waals surface area contributed by atoms with Gasteiger partial charge in [-0.15, -0.1) is 0 Å². The van der Waals surface area contributed by atoms with Crippen LogP contribution in [-0.2, 0) is 17.9 Å². The van der Waals surface area contributed by atoms with Crippen molar-refractivity contribution in [2.24, 2.45) is 5.73 Å². The van der Waals surface area contributed by atoms with E-state index in [4.69, 9.17) is 10.2 Å². The molecule has 5 nitrogen and oxygen atoms in total. The van der Waals surface area contributed by atoms with E-state index < -0.39 is 0 Å². The Balaban J connectivity index is 1.88. The number of carbonyl (C=O) groups excluding carboxylic acids is 1. The summed E-state index contributed by atoms with van der Waals surface area (Å²) in [5.74, 6) is 0.766. The Morgan fingerprint density at radius 2 is 2.10 bits per heavy atom. The minimum Gasteiger partial charge on any atom is -0.468 e. The monoisotopic (exact) mass is 273 g/mol. The maximum Gasteiger partial charge on any atom is 0.238 e. The van der Waals surface area contributed by atoms with Gasteiger partial charge in [-0.05, 0) is 30.8 Å². The Labute approximate surface area is 118 Å². The average Bonchev–Trinajstić information content (AvgIpc) is 2.91. The van der Waals surface area contributed by atoms with Crippen LogP contribution >= 0.6 is 0 Å². The summed E-state index contributed by atoms with van der Waals surface area (Å²) in [5, 5.41) is 2.88. The first-order valence-electron chi connectivity index (χ1n) is 6.48. The van der Waals surface area contributed by atoms with Crippen LogP contribution in [0.4, 0.5) is 5.69 Å². The molecule has 5 heteroatoms. The molecule has 2 rings (SSSR count). The average molecular weight is 273 g/mol. The van der Waals surface area contributed by atoms with E-state index in [1.54, 1.807) is 6.26 Å². The zero-order valence-electron chi connectivity index (χ0n) is 11.5. The van der Waals surface area contributed by atoms with Crippen LogP contribution in [-0.4, -0.2) is 24.4 Å². The highest BCUT2D eigenvalue weighted by molar-refractivity contribution is 5.92. The van der Waals surface area contributed by atoms with Crippen LogP contribution in [0.2, 0.25) is 0 Å². The maximum atomic E-state index is 12.0. The molecule has 20 heavy (non-hydrogen) atoms. The lowest BCUT2D eigenvalue weighted by Crippen LogP contribution is -2.30. The van der Waals surface area contributed by atoms with Crippen molar-refractivity contribution in [2.75, 3.05) is 18.9 Å². The number of hydrogen-bond donors (Lipinski definition) is 2. The number of nitrogens with two attached hydrogens (primary N) is 1. The van der Waals surface area contributed by atoms with E-state index in [1.807, 2.05) is 48.3 Å². The molecule has 0 saturated carbocycles. The Hall–Kier alpha value is -2.11. The zero-order valence-corrected chi connectivity index (χ0v) is 11.5. The summed E-state index contributed by atoms with van der Waals surface area (Å²) in [5.41, 5.74) is 7.34. The summed E-state index contributed by atoms with van der Waals surface area (Å²) in [6, 6.07) is 11.3. The molecule has 0 unspecified atom stereocenters. The summed E-state index contributed by atoms with van der Waals surface area (Å²) >= 11 is 0. The maximum absolute atomic E-state index is 12.0. The molecule has 106 valence electrons. The largest absolute Gasteiger partial charge is 0.468 e. The van der Waals surface area contributed by atoms with Gasteiger partial charge in [0.15, 0.2) is 0 Å². The van der Waals surface area contributed by atoms with Crippen molar-refractivity contribution in [3.05, 3.63) is 54.0 Å². The number of hydrogen-bond acceptors (Lipinski definition) is 4. The van der Waals surface area contributed by atoms with Crippen molar-refractivity contribution in [3.63, 3.8) is 0 Å². The quantitative estimate of drug-likeness (QED) is 0.842. The fourth-order valence-corrected chi connectivity index (χ4v) is 1.98. The topological polar surface area (TPSA) is 71.5 Å². The molecule has 1 heterocycles. The number of nitrogens with one attached hydrogen (secondary N) is 1. The number of nitrogens with zero attached hydrogens (tertiary/aromatic N) is 1. The van der Waals surface area contributed by atoms with E-state index in [0.29, 0.717) is 19.6 Å². The second-order valence-corrected chi connectivity index (χ2v) is 4.66. The van der Waals surface area contributed by atoms with E-state index in [1.165, 1.54) is 0 Å². The third-order valence-electron chi connectivity index (χ3n) is 2.93. The Kier molecular flexibility index (Phi) is 4.92. The predicted molar refractivity (Wildman–Crippen MR) is 78.0 cm³/mol. The number of rotatable bonds is 6. The summed E-state index contributed by atoms with van der Waals surface area (Å²) in [4.78, 5) is 13.9. The molecule has 1 aromatic heterocycles. The molecule has 0 bridgehead atoms. The van der Waals surface area contributed by atoms with E-state index in [0.717, 1.165) is 17.0 Å². The Morgan fingerprint density at radius 1 is 1.30 bits per heavy atom. The summed E-state index contributed by atoms with van der Waals surface area (Å²) in [6.45, 7) is 1.29. The fraction of sp³-hybridized carbons (Fsp3) is 0.267. The molecule has 0 saturated heterocycles. The number of benzene rings is 1. The summed E-state index contributed by atoms with van der Waals surface area (Å²) < 4.78 is 5.25. The first-order valence-corrected chi connectivity index (χ1v) is 6.48. The molecule has 0 fully saturated rings. The smallest absolute Gasteiger partial charge is 0.238 e. The molecule has 1 amide bonds. The van der Waals surface area contributed by atoms with Crippen LogP contribution in [0.25, 0.3) is 0 Å². The van der Waals surface area contributed by atoms with Crippen molar-refractivity contribution in [3.8, 4) is 0 Å². The van der Waals surface area contributed by atoms with Gasteiger partial charge in [-0.1, -0.05) is 18.2 Å². The number of para-hydroxylation sites is 1. The van der Waals surface area contributed by atoms with Crippen LogP contribution in [0.1, 0.15) is 11.3 Å². The van der Waals surface area contributed by atoms with E-state index in [9.17, 15) is 4.79 Å². The predicted octanol–water partition coefficient (Wildman–Crippen LogP) is 1.81. The SMILES string of the molecule is CN(CC(=O)Nc1ccccc1CN)Cc1ccco1. The van der Waals surface area contributed by atoms with Crippen molar-refractivity contribution in [2.45, 2.75) is 13.1 Å². The standard InChI is InChI=1S/C15H19N3O2/c1-18(10-13-6-4-8-20-13)11-15(19)17-14-7-3-2-5-12(14)9-16/h2-8H,9-11,16H2,1H3,(H,17,19). The minimum absolute atomic E-state index is 0.0695. The van der Waals surface area contributed by atoms with Gasteiger partial charge < -0.3 is 15.5 Å². The van der Waals surface area contributed by atoms with Crippen molar-refractivity contribution in [1.29, 1.82) is 0 Å². The van der Waals surface area contributed by atoms with Gasteiger partial charge in [0, 0.05) is 12.2 Å². The minimum atomic E-state index is -0.0695. The number of likely N-dealkylation sites (N-methyl/N-ethyl adjacent to an activating group) is 1. The third kappa shape index (κ3) is 3.94. The summed E-state index contributed by atoms with van der Waals surface area (Å²) in [7, 11) is 1.87. The highest BCUT2D eigenvalue weighted by Gasteiger charge is 2.10. The zero-order chi connectivity index (χ0) is 14.4. The van der Waals surface area contributed by atoms with Gasteiger partial charge in [-0.2, -0.15) is 0 Å². The van der Waals surface area contributed by atoms with Crippen LogP contribution in [0.15, 0.2) is 47.1 Å². The molecule has 0 aliphatic rings. The molecule has 0 aliphatic carbocycles. The van der Waals surface area contributed by atoms with E-state index >= 15 is 0 Å². The molecule has 0 atom stereocenters. The number of furan rings is 1. The highest BCUT2D eigenvalue weighted by atomic mass is 16.3. The van der Waals surface area contributed by atoms with Gasteiger partial charge in [0.1, 0.15) is 5.76 Å². The molecule has 0 radical (unpaired) electrons. The van der Waals surface area contributed by atoms with Crippen molar-refractivity contribution < 1.29 is 9.21 Å². The molecule has 0 aliphatic heterocycles. The Bertz CT molecular complexity index is 552. The molecule has 2 aromatic rings. The summed E-state index contributed by atoms with van der Waals surface area (Å²) in [6.07, 6.45) is 1.63. The second kappa shape index (κ2) is 6.88. The number of anilines is 1. The van der Waals surface area contributed by atoms with Crippen molar-refractivity contribution in [1.82, 2.24) is 4.90 Å². The van der Waals surface area contributed by atoms with Gasteiger partial charge in [-0.25, -0.2) is 0 Å². The van der Waals surface area contributed by atoms with E-state index in [2.05, 4.69) is 5.32 Å². The van der Waals surface area contributed by atoms with Gasteiger partial charge in [0.2, 0.25) is 5.91 Å². The van der Waals surface area contributed by atoms with E-state index in [-0.39, 0.29) is 5.91 Å². The molecular weight excluding hydrogens is 254 g/mol. The van der Waals surface area contributed by atoms with Gasteiger partial charge >= 0.3 is 0 Å². The lowest BCUT2D eigenvalue weighted by atomic mass is 10.2. The first-order chi connectivity index (χ1) is 9.69. The van der Waals surface area contributed by atoms with Crippen LogP contribution in [0.3, 0.4) is 0 Å². The molecule has 0 spiro atoms. The second-order valence-electron chi connectivity index (χ2n) is 4.66. The first kappa shape index (κ1) is 14.3. The number of amides is 1. The lowest BCUT2D eigenvalue weighted by Gasteiger charge is -2.15. The third-order valence-corrected chi connectivity index (χ3v) is 2.93. The molecular formula is C15H19N3O2. The lowest BCUT2D eigenvalue weighted by molar-refractivity contribution is -0.117. The van der Waals surface area contributed by atoms with Crippen LogP contribution in [0.5, 0.6) is 0 Å². The highest BCUT2D eigenvalue weighted by Crippen LogP contribution is 2.14. The molecule has 1 aromatic carbocycles. The van der Waals surface area contributed by atoms with Gasteiger partial charge in [0.25, 0.3) is 0 Å². The van der Waals surface area contributed by atoms with Crippen LogP contribution in [0, 0.1) is 0 Å². The van der Waals surface area contributed by atoms with Gasteiger partial charge in [0.05, 0.1) is 19.4 Å². The van der Waals surface area contributed by atoms with Crippen LogP contribution < -0.4 is 11.1 Å². The molecule has 3 N–H and O–H groups in total. The fourth-order valence-electron chi connectivity index (χ4n) is 1.98. The van der Waals surface area contributed by atoms with Crippen molar-refractivity contribution >= 4 is 11.6 Å². The normalized spacial score (nSPS) is 10.8. The Morgan fingerprint density at radius 3 is 2.80 bits per heavy atom. The number of carbonyl (C=O) groups is 1. The van der Waals surface area contributed by atoms with Gasteiger partial charge in [-0.3, -0.25) is 9.69 Å².